The Morgan fingerprint density at radius 1 is 1.06 bits per heavy atom. The third-order valence-electron chi connectivity index (χ3n) is 5.76. The SMILES string of the molecule is CC1(C)S[C@@H]2[C@@H](C(=O)NCc3ccccc3)CC(=O)N2C1C(=O)OCc1ccccc1. The Bertz CT molecular complexity index is 964. The number of amides is 2. The standard InChI is InChI=1S/C24H26N2O4S/c1-24(2)20(23(29)30-15-17-11-7-4-8-12-17)26-19(27)13-18(22(26)31-24)21(28)25-14-16-9-5-3-6-10-16/h3-12,18,20,22H,13-15H2,1-2H3,(H,25,28)/t18-,20?,22-/m1/s1. The van der Waals surface area contributed by atoms with E-state index in [1.807, 2.05) is 74.5 Å². The average molecular weight is 439 g/mol. The second-order valence-electron chi connectivity index (χ2n) is 8.42. The van der Waals surface area contributed by atoms with Gasteiger partial charge in [0.1, 0.15) is 12.6 Å². The molecule has 162 valence electrons. The Morgan fingerprint density at radius 3 is 2.32 bits per heavy atom. The minimum atomic E-state index is -0.717. The first kappa shape index (κ1) is 21.4. The van der Waals surface area contributed by atoms with Crippen LogP contribution in [-0.2, 0) is 32.3 Å². The fourth-order valence-electron chi connectivity index (χ4n) is 4.21. The molecule has 0 spiro atoms. The Morgan fingerprint density at radius 2 is 1.68 bits per heavy atom. The number of thioether (sulfide) groups is 1. The van der Waals surface area contributed by atoms with Crippen molar-refractivity contribution in [3.05, 3.63) is 71.8 Å². The van der Waals surface area contributed by atoms with Gasteiger partial charge in [-0.3, -0.25) is 9.59 Å². The lowest BCUT2D eigenvalue weighted by molar-refractivity contribution is -0.155. The normalized spacial score (nSPS) is 24.0. The molecule has 4 rings (SSSR count). The van der Waals surface area contributed by atoms with Gasteiger partial charge < -0.3 is 15.0 Å². The van der Waals surface area contributed by atoms with Crippen molar-refractivity contribution < 1.29 is 19.1 Å². The summed E-state index contributed by atoms with van der Waals surface area (Å²) in [6, 6.07) is 18.4. The molecule has 2 heterocycles. The maximum atomic E-state index is 13.0. The molecule has 0 radical (unpaired) electrons. The van der Waals surface area contributed by atoms with Crippen LogP contribution in [0.5, 0.6) is 0 Å². The van der Waals surface area contributed by atoms with Crippen LogP contribution in [0.15, 0.2) is 60.7 Å². The maximum Gasteiger partial charge on any atom is 0.330 e. The Balaban J connectivity index is 1.44. The van der Waals surface area contributed by atoms with E-state index in [9.17, 15) is 14.4 Å². The number of benzene rings is 2. The van der Waals surface area contributed by atoms with Gasteiger partial charge in [-0.25, -0.2) is 4.79 Å². The highest BCUT2D eigenvalue weighted by Crippen LogP contribution is 2.51. The van der Waals surface area contributed by atoms with Gasteiger partial charge >= 0.3 is 5.97 Å². The molecule has 6 nitrogen and oxygen atoms in total. The number of hydrogen-bond acceptors (Lipinski definition) is 5. The number of nitrogens with one attached hydrogen (secondary N) is 1. The van der Waals surface area contributed by atoms with Crippen molar-refractivity contribution >= 4 is 29.5 Å². The molecule has 7 heteroatoms. The van der Waals surface area contributed by atoms with Crippen LogP contribution in [0.1, 0.15) is 31.4 Å². The Kier molecular flexibility index (Phi) is 6.05. The zero-order chi connectivity index (χ0) is 22.0. The van der Waals surface area contributed by atoms with Gasteiger partial charge in [-0.15, -0.1) is 11.8 Å². The van der Waals surface area contributed by atoms with Crippen LogP contribution in [0.2, 0.25) is 0 Å². The molecule has 2 aromatic rings. The largest absolute Gasteiger partial charge is 0.459 e. The summed E-state index contributed by atoms with van der Waals surface area (Å²) in [4.78, 5) is 40.3. The van der Waals surface area contributed by atoms with E-state index in [-0.39, 0.29) is 30.2 Å². The topological polar surface area (TPSA) is 75.7 Å². The molecular weight excluding hydrogens is 412 g/mol. The summed E-state index contributed by atoms with van der Waals surface area (Å²) in [7, 11) is 0. The lowest BCUT2D eigenvalue weighted by Gasteiger charge is -2.28. The third-order valence-corrected chi connectivity index (χ3v) is 7.38. The van der Waals surface area contributed by atoms with Crippen LogP contribution in [-0.4, -0.2) is 38.8 Å². The zero-order valence-corrected chi connectivity index (χ0v) is 18.4. The molecule has 0 aromatic heterocycles. The summed E-state index contributed by atoms with van der Waals surface area (Å²) in [5.74, 6) is -1.26. The van der Waals surface area contributed by atoms with E-state index >= 15 is 0 Å². The minimum absolute atomic E-state index is 0.108. The maximum absolute atomic E-state index is 13.0. The number of rotatable bonds is 6. The summed E-state index contributed by atoms with van der Waals surface area (Å²) >= 11 is 1.50. The van der Waals surface area contributed by atoms with Crippen molar-refractivity contribution in [2.24, 2.45) is 5.92 Å². The molecule has 31 heavy (non-hydrogen) atoms. The van der Waals surface area contributed by atoms with Crippen LogP contribution in [0.4, 0.5) is 0 Å². The highest BCUT2D eigenvalue weighted by Gasteiger charge is 2.60. The molecule has 0 aliphatic carbocycles. The predicted octanol–water partition coefficient (Wildman–Crippen LogP) is 3.11. The molecule has 1 N–H and O–H groups in total. The number of carbonyl (C=O) groups excluding carboxylic acids is 3. The summed E-state index contributed by atoms with van der Waals surface area (Å²) < 4.78 is 5.01. The Labute approximate surface area is 186 Å². The van der Waals surface area contributed by atoms with Crippen molar-refractivity contribution in [3.63, 3.8) is 0 Å². The molecule has 2 saturated heterocycles. The highest BCUT2D eigenvalue weighted by molar-refractivity contribution is 8.01. The van der Waals surface area contributed by atoms with E-state index in [1.165, 1.54) is 11.8 Å². The summed E-state index contributed by atoms with van der Waals surface area (Å²) in [5, 5.41) is 2.58. The number of carbonyl (C=O) groups is 3. The highest BCUT2D eigenvalue weighted by atomic mass is 32.2. The predicted molar refractivity (Wildman–Crippen MR) is 119 cm³/mol. The summed E-state index contributed by atoms with van der Waals surface area (Å²) in [5.41, 5.74) is 1.89. The average Bonchev–Trinajstić information content (AvgIpc) is 3.23. The summed E-state index contributed by atoms with van der Waals surface area (Å²) in [6.07, 6.45) is 0.108. The molecule has 2 aliphatic heterocycles. The van der Waals surface area contributed by atoms with Gasteiger partial charge in [0, 0.05) is 17.7 Å². The number of ether oxygens (including phenoxy) is 1. The minimum Gasteiger partial charge on any atom is -0.459 e. The van der Waals surface area contributed by atoms with Crippen LogP contribution in [0, 0.1) is 5.92 Å². The van der Waals surface area contributed by atoms with E-state index < -0.39 is 22.7 Å². The van der Waals surface area contributed by atoms with Crippen molar-refractivity contribution in [3.8, 4) is 0 Å². The van der Waals surface area contributed by atoms with Crippen LogP contribution < -0.4 is 5.32 Å². The Hall–Kier alpha value is -2.80. The molecule has 2 aromatic carbocycles. The number of esters is 1. The second kappa shape index (κ2) is 8.75. The van der Waals surface area contributed by atoms with Crippen molar-refractivity contribution in [2.45, 2.75) is 49.6 Å². The summed E-state index contributed by atoms with van der Waals surface area (Å²) in [6.45, 7) is 4.42. The molecule has 2 aliphatic rings. The number of nitrogens with zero attached hydrogens (tertiary/aromatic N) is 1. The second-order valence-corrected chi connectivity index (χ2v) is 10.2. The van der Waals surface area contributed by atoms with E-state index in [2.05, 4.69) is 5.32 Å². The van der Waals surface area contributed by atoms with Gasteiger partial charge in [0.25, 0.3) is 0 Å². The molecule has 2 amide bonds. The molecule has 0 saturated carbocycles. The van der Waals surface area contributed by atoms with Gasteiger partial charge in [-0.2, -0.15) is 0 Å². The molecule has 3 atom stereocenters. The quantitative estimate of drug-likeness (QED) is 0.702. The first-order chi connectivity index (χ1) is 14.9. The zero-order valence-electron chi connectivity index (χ0n) is 17.6. The molecular formula is C24H26N2O4S. The van der Waals surface area contributed by atoms with Gasteiger partial charge in [-0.05, 0) is 25.0 Å². The third kappa shape index (κ3) is 4.46. The van der Waals surface area contributed by atoms with Crippen LogP contribution in [0.3, 0.4) is 0 Å². The molecule has 1 unspecified atom stereocenters. The van der Waals surface area contributed by atoms with Crippen LogP contribution in [0.25, 0.3) is 0 Å². The first-order valence-electron chi connectivity index (χ1n) is 10.4. The van der Waals surface area contributed by atoms with Crippen molar-refractivity contribution in [1.82, 2.24) is 10.2 Å². The van der Waals surface area contributed by atoms with Gasteiger partial charge in [0.2, 0.25) is 11.8 Å². The van der Waals surface area contributed by atoms with E-state index in [4.69, 9.17) is 4.74 Å². The van der Waals surface area contributed by atoms with Gasteiger partial charge in [0.05, 0.1) is 11.3 Å². The van der Waals surface area contributed by atoms with Gasteiger partial charge in [0.15, 0.2) is 0 Å². The van der Waals surface area contributed by atoms with E-state index in [0.29, 0.717) is 6.54 Å². The molecule has 2 fully saturated rings. The lowest BCUT2D eigenvalue weighted by Crippen LogP contribution is -2.49. The van der Waals surface area contributed by atoms with Crippen molar-refractivity contribution in [2.75, 3.05) is 0 Å². The van der Waals surface area contributed by atoms with Gasteiger partial charge in [-0.1, -0.05) is 60.7 Å². The first-order valence-corrected chi connectivity index (χ1v) is 11.3. The fraction of sp³-hybridized carbons (Fsp3) is 0.375. The van der Waals surface area contributed by atoms with Crippen molar-refractivity contribution in [1.29, 1.82) is 0 Å². The number of hydrogen-bond donors (Lipinski definition) is 1. The molecule has 0 bridgehead atoms. The fourth-order valence-corrected chi connectivity index (χ4v) is 5.91. The lowest BCUT2D eigenvalue weighted by atomic mass is 10.0. The monoisotopic (exact) mass is 438 g/mol. The van der Waals surface area contributed by atoms with E-state index in [0.717, 1.165) is 11.1 Å². The smallest absolute Gasteiger partial charge is 0.330 e. The number of fused-ring (bicyclic) bond motifs is 1. The van der Waals surface area contributed by atoms with E-state index in [1.54, 1.807) is 4.90 Å². The van der Waals surface area contributed by atoms with Crippen LogP contribution >= 0.6 is 11.8 Å².